The molecule has 0 spiro atoms. The average molecular weight is 377 g/mol. The van der Waals surface area contributed by atoms with E-state index >= 15 is 0 Å². The molecule has 3 aromatic carbocycles. The molecule has 3 aromatic rings. The van der Waals surface area contributed by atoms with E-state index in [2.05, 4.69) is 5.32 Å². The molecule has 0 saturated heterocycles. The quantitative estimate of drug-likeness (QED) is 0.662. The van der Waals surface area contributed by atoms with Crippen LogP contribution in [-0.4, -0.2) is 13.7 Å². The molecule has 2 radical (unpaired) electrons. The number of amidine groups is 1. The second kappa shape index (κ2) is 7.18. The van der Waals surface area contributed by atoms with Crippen LogP contribution in [0.3, 0.4) is 0 Å². The number of rotatable bonds is 3. The number of hydrogen-bond acceptors (Lipinski definition) is 2. The van der Waals surface area contributed by atoms with Gasteiger partial charge in [-0.1, -0.05) is 77.2 Å². The summed E-state index contributed by atoms with van der Waals surface area (Å²) in [5.74, 6) is 0.852. The second-order valence-electron chi connectivity index (χ2n) is 6.27. The predicted octanol–water partition coefficient (Wildman–Crippen LogP) is 4.62. The number of aliphatic imine (C=N–C) groups is 1. The standard InChI is InChI=1S/C21H15BCl2N2/c22-16-7-1-15(2-8-16)21-25-19(13-3-9-17(23)10-4-13)20(26-21)14-5-11-18(24)12-6-14/h1-12,19-20H,(H,25,26)/t19-,20+. The van der Waals surface area contributed by atoms with E-state index in [-0.39, 0.29) is 12.1 Å². The van der Waals surface area contributed by atoms with Gasteiger partial charge in [0.05, 0.1) is 6.04 Å². The van der Waals surface area contributed by atoms with Crippen LogP contribution in [0.5, 0.6) is 0 Å². The van der Waals surface area contributed by atoms with Gasteiger partial charge in [0.15, 0.2) is 0 Å². The highest BCUT2D eigenvalue weighted by molar-refractivity contribution is 6.32. The normalized spacial score (nSPS) is 19.1. The van der Waals surface area contributed by atoms with Crippen molar-refractivity contribution in [2.75, 3.05) is 0 Å². The fourth-order valence-corrected chi connectivity index (χ4v) is 3.39. The van der Waals surface area contributed by atoms with Crippen LogP contribution in [0.25, 0.3) is 0 Å². The van der Waals surface area contributed by atoms with Crippen LogP contribution >= 0.6 is 23.2 Å². The van der Waals surface area contributed by atoms with Gasteiger partial charge in [-0.3, -0.25) is 4.99 Å². The molecule has 4 rings (SSSR count). The highest BCUT2D eigenvalue weighted by atomic mass is 35.5. The summed E-state index contributed by atoms with van der Waals surface area (Å²) >= 11 is 12.1. The van der Waals surface area contributed by atoms with Crippen molar-refractivity contribution in [1.82, 2.24) is 5.32 Å². The van der Waals surface area contributed by atoms with E-state index in [0.717, 1.165) is 33.0 Å². The molecule has 2 atom stereocenters. The molecule has 2 nitrogen and oxygen atoms in total. The fourth-order valence-electron chi connectivity index (χ4n) is 3.14. The first-order valence-electron chi connectivity index (χ1n) is 8.31. The van der Waals surface area contributed by atoms with Crippen molar-refractivity contribution >= 4 is 42.3 Å². The number of hydrogen-bond donors (Lipinski definition) is 1. The lowest BCUT2D eigenvalue weighted by atomic mass is 9.94. The zero-order valence-electron chi connectivity index (χ0n) is 13.9. The Morgan fingerprint density at radius 1 is 0.731 bits per heavy atom. The number of benzene rings is 3. The SMILES string of the molecule is [B]c1ccc(C2=N[C@H](c3ccc(Cl)cc3)[C@H](c3ccc(Cl)cc3)N2)cc1. The monoisotopic (exact) mass is 376 g/mol. The van der Waals surface area contributed by atoms with E-state index in [1.54, 1.807) is 0 Å². The summed E-state index contributed by atoms with van der Waals surface area (Å²) < 4.78 is 0. The van der Waals surface area contributed by atoms with E-state index in [1.807, 2.05) is 72.8 Å². The van der Waals surface area contributed by atoms with Gasteiger partial charge in [0.25, 0.3) is 0 Å². The van der Waals surface area contributed by atoms with Crippen molar-refractivity contribution < 1.29 is 0 Å². The molecule has 126 valence electrons. The molecule has 26 heavy (non-hydrogen) atoms. The third-order valence-electron chi connectivity index (χ3n) is 4.50. The molecule has 1 aliphatic heterocycles. The van der Waals surface area contributed by atoms with Crippen molar-refractivity contribution in [2.45, 2.75) is 12.1 Å². The minimum absolute atomic E-state index is 0.0148. The molecule has 0 aromatic heterocycles. The van der Waals surface area contributed by atoms with Crippen LogP contribution in [0, 0.1) is 0 Å². The predicted molar refractivity (Wildman–Crippen MR) is 110 cm³/mol. The Kier molecular flexibility index (Phi) is 4.75. The molecular weight excluding hydrogens is 362 g/mol. The Morgan fingerprint density at radius 2 is 1.27 bits per heavy atom. The maximum atomic E-state index is 6.05. The van der Waals surface area contributed by atoms with Crippen LogP contribution in [-0.2, 0) is 0 Å². The highest BCUT2D eigenvalue weighted by Gasteiger charge is 2.31. The summed E-state index contributed by atoms with van der Waals surface area (Å²) in [6, 6.07) is 23.4. The minimum atomic E-state index is -0.0546. The van der Waals surface area contributed by atoms with Gasteiger partial charge in [0.2, 0.25) is 0 Å². The number of halogens is 2. The zero-order chi connectivity index (χ0) is 18.1. The Balaban J connectivity index is 1.74. The maximum absolute atomic E-state index is 6.05. The molecule has 0 aliphatic carbocycles. The van der Waals surface area contributed by atoms with Gasteiger partial charge in [0, 0.05) is 15.6 Å². The summed E-state index contributed by atoms with van der Waals surface area (Å²) in [4.78, 5) is 4.96. The van der Waals surface area contributed by atoms with Crippen molar-refractivity contribution in [3.05, 3.63) is 99.5 Å². The first-order valence-corrected chi connectivity index (χ1v) is 9.07. The molecule has 1 N–H and O–H groups in total. The smallest absolute Gasteiger partial charge is 0.129 e. The van der Waals surface area contributed by atoms with Crippen LogP contribution in [0.4, 0.5) is 0 Å². The topological polar surface area (TPSA) is 24.4 Å². The lowest BCUT2D eigenvalue weighted by Crippen LogP contribution is -2.25. The lowest BCUT2D eigenvalue weighted by Gasteiger charge is -2.20. The largest absolute Gasteiger partial charge is 0.361 e. The van der Waals surface area contributed by atoms with E-state index in [9.17, 15) is 0 Å². The van der Waals surface area contributed by atoms with Crippen molar-refractivity contribution in [3.63, 3.8) is 0 Å². The molecule has 0 amide bonds. The van der Waals surface area contributed by atoms with Crippen molar-refractivity contribution in [3.8, 4) is 0 Å². The van der Waals surface area contributed by atoms with Crippen molar-refractivity contribution in [1.29, 1.82) is 0 Å². The fraction of sp³-hybridized carbons (Fsp3) is 0.0952. The zero-order valence-corrected chi connectivity index (χ0v) is 15.4. The van der Waals surface area contributed by atoms with Crippen LogP contribution < -0.4 is 10.8 Å². The highest BCUT2D eigenvalue weighted by Crippen LogP contribution is 2.37. The summed E-state index contributed by atoms with van der Waals surface area (Å²) in [7, 11) is 5.81. The Hall–Kier alpha value is -2.23. The van der Waals surface area contributed by atoms with Gasteiger partial charge < -0.3 is 5.32 Å². The third kappa shape index (κ3) is 3.51. The molecule has 0 saturated carbocycles. The molecule has 0 fully saturated rings. The van der Waals surface area contributed by atoms with Gasteiger partial charge in [0.1, 0.15) is 19.7 Å². The molecule has 1 heterocycles. The van der Waals surface area contributed by atoms with Crippen molar-refractivity contribution in [2.24, 2.45) is 4.99 Å². The lowest BCUT2D eigenvalue weighted by molar-refractivity contribution is 0.572. The minimum Gasteiger partial charge on any atom is -0.361 e. The summed E-state index contributed by atoms with van der Waals surface area (Å²) in [5.41, 5.74) is 3.97. The average Bonchev–Trinajstić information content (AvgIpc) is 3.09. The molecule has 1 aliphatic rings. The Bertz CT molecular complexity index is 935. The third-order valence-corrected chi connectivity index (χ3v) is 5.00. The molecule has 5 heteroatoms. The van der Waals surface area contributed by atoms with Crippen LogP contribution in [0.1, 0.15) is 28.8 Å². The summed E-state index contributed by atoms with van der Waals surface area (Å²) in [5, 5.41) is 4.99. The first kappa shape index (κ1) is 17.2. The first-order chi connectivity index (χ1) is 12.6. The van der Waals surface area contributed by atoms with Crippen LogP contribution in [0.2, 0.25) is 10.0 Å². The van der Waals surface area contributed by atoms with E-state index < -0.39 is 0 Å². The van der Waals surface area contributed by atoms with Gasteiger partial charge in [-0.05, 0) is 35.4 Å². The van der Waals surface area contributed by atoms with Gasteiger partial charge >= 0.3 is 0 Å². The number of nitrogens with zero attached hydrogens (tertiary/aromatic N) is 1. The number of nitrogens with one attached hydrogen (secondary N) is 1. The van der Waals surface area contributed by atoms with Crippen LogP contribution in [0.15, 0.2) is 77.8 Å². The summed E-state index contributed by atoms with van der Waals surface area (Å²) in [6.07, 6.45) is 0. The van der Waals surface area contributed by atoms with E-state index in [1.165, 1.54) is 0 Å². The second-order valence-corrected chi connectivity index (χ2v) is 7.14. The molecular formula is C21H15BCl2N2. The van der Waals surface area contributed by atoms with Gasteiger partial charge in [-0.15, -0.1) is 0 Å². The maximum Gasteiger partial charge on any atom is 0.129 e. The molecule has 0 bridgehead atoms. The van der Waals surface area contributed by atoms with E-state index in [0.29, 0.717) is 5.02 Å². The molecule has 0 unspecified atom stereocenters. The summed E-state index contributed by atoms with van der Waals surface area (Å²) in [6.45, 7) is 0. The Labute approximate surface area is 164 Å². The van der Waals surface area contributed by atoms with Gasteiger partial charge in [-0.25, -0.2) is 0 Å². The Morgan fingerprint density at radius 3 is 1.85 bits per heavy atom. The van der Waals surface area contributed by atoms with Gasteiger partial charge in [-0.2, -0.15) is 0 Å². The van der Waals surface area contributed by atoms with E-state index in [4.69, 9.17) is 36.0 Å².